The first kappa shape index (κ1) is 11.4. The van der Waals surface area contributed by atoms with E-state index in [1.54, 1.807) is 7.05 Å². The van der Waals surface area contributed by atoms with Gasteiger partial charge in [0.25, 0.3) is 0 Å². The Kier molecular flexibility index (Phi) is 2.31. The highest BCUT2D eigenvalue weighted by Gasteiger charge is 2.76. The van der Waals surface area contributed by atoms with Gasteiger partial charge in [-0.3, -0.25) is 4.79 Å². The predicted octanol–water partition coefficient (Wildman–Crippen LogP) is -0.637. The molecule has 4 rings (SSSR count). The van der Waals surface area contributed by atoms with Crippen molar-refractivity contribution in [1.82, 2.24) is 10.6 Å². The van der Waals surface area contributed by atoms with Gasteiger partial charge in [-0.2, -0.15) is 0 Å². The van der Waals surface area contributed by atoms with E-state index >= 15 is 0 Å². The van der Waals surface area contributed by atoms with Crippen molar-refractivity contribution in [3.8, 4) is 0 Å². The highest BCUT2D eigenvalue weighted by Crippen LogP contribution is 2.68. The fraction of sp³-hybridized carbons (Fsp3) is 0.917. The lowest BCUT2D eigenvalue weighted by Crippen LogP contribution is -2.61. The fourth-order valence-corrected chi connectivity index (χ4v) is 4.16. The molecule has 0 aromatic carbocycles. The Bertz CT molecular complexity index is 344. The van der Waals surface area contributed by atoms with Gasteiger partial charge in [-0.05, 0) is 38.8 Å². The van der Waals surface area contributed by atoms with Crippen molar-refractivity contribution >= 4 is 5.91 Å². The van der Waals surface area contributed by atoms with Crippen LogP contribution in [-0.2, 0) is 9.53 Å². The number of ether oxygens (including phenoxy) is 1. The molecule has 4 fully saturated rings. The molecule has 0 aromatic heterocycles. The third kappa shape index (κ3) is 1.22. The van der Waals surface area contributed by atoms with E-state index < -0.39 is 0 Å². The van der Waals surface area contributed by atoms with Gasteiger partial charge < -0.3 is 21.1 Å². The first-order valence-electron chi connectivity index (χ1n) is 6.45. The minimum Gasteiger partial charge on any atom is -0.366 e. The molecule has 1 saturated carbocycles. The maximum Gasteiger partial charge on any atom is 0.229 e. The topological polar surface area (TPSA) is 76.4 Å². The summed E-state index contributed by atoms with van der Waals surface area (Å²) in [5, 5.41) is 6.15. The normalized spacial score (nSPS) is 42.2. The Balaban J connectivity index is 1.95. The second-order valence-electron chi connectivity index (χ2n) is 5.75. The van der Waals surface area contributed by atoms with Crippen molar-refractivity contribution in [3.05, 3.63) is 0 Å². The standard InChI is InChI=1S/C12H21N3O2/c1-14-9(16)11-6-10(7-11,8-13)17-12(11)2-4-15-5-3-12/h15H,2-8,13H2,1H3,(H,14,16). The number of carbonyl (C=O) groups is 1. The lowest BCUT2D eigenvalue weighted by Gasteiger charge is -2.47. The average molecular weight is 239 g/mol. The van der Waals surface area contributed by atoms with Crippen LogP contribution in [0.1, 0.15) is 25.7 Å². The van der Waals surface area contributed by atoms with Gasteiger partial charge in [0.15, 0.2) is 0 Å². The second-order valence-corrected chi connectivity index (χ2v) is 5.75. The molecule has 0 unspecified atom stereocenters. The summed E-state index contributed by atoms with van der Waals surface area (Å²) < 4.78 is 6.30. The molecular formula is C12H21N3O2. The van der Waals surface area contributed by atoms with Gasteiger partial charge in [-0.25, -0.2) is 0 Å². The molecule has 0 aromatic rings. The smallest absolute Gasteiger partial charge is 0.229 e. The Morgan fingerprint density at radius 1 is 1.41 bits per heavy atom. The molecule has 3 heterocycles. The molecule has 3 saturated heterocycles. The highest BCUT2D eigenvalue weighted by molar-refractivity contribution is 5.86. The van der Waals surface area contributed by atoms with Crippen molar-refractivity contribution in [2.24, 2.45) is 11.1 Å². The number of hydrogen-bond donors (Lipinski definition) is 3. The number of rotatable bonds is 2. The van der Waals surface area contributed by atoms with E-state index in [0.717, 1.165) is 38.8 Å². The third-order valence-electron chi connectivity index (χ3n) is 4.98. The van der Waals surface area contributed by atoms with E-state index in [0.29, 0.717) is 6.54 Å². The van der Waals surface area contributed by atoms with E-state index in [4.69, 9.17) is 10.5 Å². The van der Waals surface area contributed by atoms with Crippen LogP contribution in [0, 0.1) is 5.41 Å². The molecule has 3 aliphatic heterocycles. The molecule has 4 aliphatic rings. The molecule has 5 heteroatoms. The van der Waals surface area contributed by atoms with Crippen LogP contribution in [-0.4, -0.2) is 43.8 Å². The molecule has 0 atom stereocenters. The van der Waals surface area contributed by atoms with E-state index in [1.807, 2.05) is 0 Å². The number of carbonyl (C=O) groups excluding carboxylic acids is 1. The summed E-state index contributed by atoms with van der Waals surface area (Å²) in [5.74, 6) is 0.140. The van der Waals surface area contributed by atoms with Gasteiger partial charge in [0.05, 0.1) is 16.6 Å². The average Bonchev–Trinajstić information content (AvgIpc) is 2.74. The van der Waals surface area contributed by atoms with E-state index in [2.05, 4.69) is 10.6 Å². The molecule has 5 nitrogen and oxygen atoms in total. The van der Waals surface area contributed by atoms with Crippen LogP contribution < -0.4 is 16.4 Å². The Labute approximate surface area is 101 Å². The largest absolute Gasteiger partial charge is 0.366 e. The van der Waals surface area contributed by atoms with Gasteiger partial charge in [-0.15, -0.1) is 0 Å². The first-order valence-corrected chi connectivity index (χ1v) is 6.45. The van der Waals surface area contributed by atoms with Crippen LogP contribution >= 0.6 is 0 Å². The van der Waals surface area contributed by atoms with Crippen molar-refractivity contribution in [2.75, 3.05) is 26.7 Å². The minimum absolute atomic E-state index is 0.140. The molecule has 1 amide bonds. The van der Waals surface area contributed by atoms with Gasteiger partial charge in [0, 0.05) is 13.6 Å². The summed E-state index contributed by atoms with van der Waals surface area (Å²) in [4.78, 5) is 12.3. The summed E-state index contributed by atoms with van der Waals surface area (Å²) in [5.41, 5.74) is 5.02. The minimum atomic E-state index is -0.316. The van der Waals surface area contributed by atoms with E-state index in [1.165, 1.54) is 0 Å². The molecule has 1 aliphatic carbocycles. The van der Waals surface area contributed by atoms with Crippen LogP contribution in [0.3, 0.4) is 0 Å². The monoisotopic (exact) mass is 239 g/mol. The van der Waals surface area contributed by atoms with Crippen molar-refractivity contribution < 1.29 is 9.53 Å². The van der Waals surface area contributed by atoms with Gasteiger partial charge in [-0.1, -0.05) is 0 Å². The van der Waals surface area contributed by atoms with Crippen LogP contribution in [0.25, 0.3) is 0 Å². The van der Waals surface area contributed by atoms with Crippen LogP contribution in [0.2, 0.25) is 0 Å². The lowest BCUT2D eigenvalue weighted by atomic mass is 9.53. The number of nitrogens with two attached hydrogens (primary N) is 1. The summed E-state index contributed by atoms with van der Waals surface area (Å²) in [7, 11) is 1.71. The number of piperidine rings is 1. The summed E-state index contributed by atoms with van der Waals surface area (Å²) in [6.07, 6.45) is 3.44. The molecule has 4 N–H and O–H groups in total. The molecule has 0 radical (unpaired) electrons. The summed E-state index contributed by atoms with van der Waals surface area (Å²) in [6.45, 7) is 2.39. The highest BCUT2D eigenvalue weighted by atomic mass is 16.5. The first-order chi connectivity index (χ1) is 8.12. The Morgan fingerprint density at radius 3 is 2.59 bits per heavy atom. The zero-order chi connectivity index (χ0) is 12.1. The van der Waals surface area contributed by atoms with Crippen molar-refractivity contribution in [1.29, 1.82) is 0 Å². The fourth-order valence-electron chi connectivity index (χ4n) is 4.16. The van der Waals surface area contributed by atoms with E-state index in [-0.39, 0.29) is 22.5 Å². The van der Waals surface area contributed by atoms with Gasteiger partial charge in [0.2, 0.25) is 5.91 Å². The van der Waals surface area contributed by atoms with Gasteiger partial charge in [0.1, 0.15) is 0 Å². The van der Waals surface area contributed by atoms with Crippen molar-refractivity contribution in [3.63, 3.8) is 0 Å². The number of nitrogens with one attached hydrogen (secondary N) is 2. The predicted molar refractivity (Wildman–Crippen MR) is 63.4 cm³/mol. The van der Waals surface area contributed by atoms with Gasteiger partial charge >= 0.3 is 0 Å². The molecular weight excluding hydrogens is 218 g/mol. The zero-order valence-corrected chi connectivity index (χ0v) is 10.3. The van der Waals surface area contributed by atoms with Crippen LogP contribution in [0.5, 0.6) is 0 Å². The van der Waals surface area contributed by atoms with Crippen LogP contribution in [0.4, 0.5) is 0 Å². The number of hydrogen-bond acceptors (Lipinski definition) is 4. The molecule has 2 bridgehead atoms. The second kappa shape index (κ2) is 3.43. The molecule has 17 heavy (non-hydrogen) atoms. The summed E-state index contributed by atoms with van der Waals surface area (Å²) >= 11 is 0. The molecule has 96 valence electrons. The molecule has 1 spiro atoms. The van der Waals surface area contributed by atoms with E-state index in [9.17, 15) is 4.79 Å². The summed E-state index contributed by atoms with van der Waals surface area (Å²) in [6, 6.07) is 0. The zero-order valence-electron chi connectivity index (χ0n) is 10.3. The maximum absolute atomic E-state index is 12.3. The van der Waals surface area contributed by atoms with Crippen molar-refractivity contribution in [2.45, 2.75) is 36.9 Å². The maximum atomic E-state index is 12.3. The quantitative estimate of drug-likeness (QED) is 0.599. The SMILES string of the molecule is CNC(=O)C12CC(CN)(C1)OC21CCNCC1. The number of amides is 1. The lowest BCUT2D eigenvalue weighted by molar-refractivity contribution is -0.140. The Morgan fingerprint density at radius 2 is 2.06 bits per heavy atom. The third-order valence-corrected chi connectivity index (χ3v) is 4.98. The van der Waals surface area contributed by atoms with Crippen LogP contribution in [0.15, 0.2) is 0 Å². The Hall–Kier alpha value is -0.650.